The molecule has 96 valence electrons. The Balaban J connectivity index is 2.16. The topological polar surface area (TPSA) is 49.3 Å². The first-order valence-electron chi connectivity index (χ1n) is 5.90. The van der Waals surface area contributed by atoms with Crippen LogP contribution in [-0.4, -0.2) is 17.1 Å². The van der Waals surface area contributed by atoms with E-state index in [1.807, 2.05) is 18.2 Å². The first-order chi connectivity index (χ1) is 8.70. The molecular weight excluding hydrogens is 270 g/mol. The van der Waals surface area contributed by atoms with Crippen molar-refractivity contribution in [3.8, 4) is 0 Å². The van der Waals surface area contributed by atoms with Crippen LogP contribution in [0.25, 0.3) is 6.08 Å². The molecular formula is C13H15ClNO2S+. The summed E-state index contributed by atoms with van der Waals surface area (Å²) in [6.45, 7) is 0. The van der Waals surface area contributed by atoms with E-state index in [0.717, 1.165) is 36.1 Å². The van der Waals surface area contributed by atoms with Crippen LogP contribution in [0, 0.1) is 0 Å². The Labute approximate surface area is 115 Å². The van der Waals surface area contributed by atoms with Crippen LogP contribution in [0.3, 0.4) is 0 Å². The number of nitrogens with one attached hydrogen (secondary N) is 1. The molecule has 0 aromatic heterocycles. The summed E-state index contributed by atoms with van der Waals surface area (Å²) in [5.74, 6) is 0.648. The Bertz CT molecular complexity index is 476. The lowest BCUT2D eigenvalue weighted by Gasteiger charge is -2.21. The Morgan fingerprint density at radius 1 is 1.39 bits per heavy atom. The molecule has 0 radical (unpaired) electrons. The molecule has 0 spiro atoms. The maximum atomic E-state index is 10.3. The van der Waals surface area contributed by atoms with Crippen molar-refractivity contribution in [2.75, 3.05) is 11.1 Å². The second kappa shape index (κ2) is 6.27. The number of halogens is 1. The predicted molar refractivity (Wildman–Crippen MR) is 76.0 cm³/mol. The van der Waals surface area contributed by atoms with Crippen LogP contribution < -0.4 is 5.32 Å². The second-order valence-corrected chi connectivity index (χ2v) is 5.33. The van der Waals surface area contributed by atoms with E-state index in [9.17, 15) is 9.32 Å². The molecule has 5 heteroatoms. The van der Waals surface area contributed by atoms with Crippen molar-refractivity contribution in [3.05, 3.63) is 34.4 Å². The highest BCUT2D eigenvalue weighted by atomic mass is 35.5. The van der Waals surface area contributed by atoms with Crippen molar-refractivity contribution in [3.63, 3.8) is 0 Å². The van der Waals surface area contributed by atoms with Gasteiger partial charge in [0.2, 0.25) is 5.75 Å². The van der Waals surface area contributed by atoms with Gasteiger partial charge in [0, 0.05) is 26.9 Å². The van der Waals surface area contributed by atoms with Crippen LogP contribution in [0.15, 0.2) is 18.2 Å². The molecule has 0 saturated heterocycles. The number of aliphatic hydroxyl groups is 1. The van der Waals surface area contributed by atoms with E-state index in [1.165, 1.54) is 0 Å². The number of hydrogen-bond donors (Lipinski definition) is 2. The molecule has 0 saturated carbocycles. The van der Waals surface area contributed by atoms with Crippen LogP contribution >= 0.6 is 11.6 Å². The van der Waals surface area contributed by atoms with E-state index in [-0.39, 0.29) is 0 Å². The van der Waals surface area contributed by atoms with Crippen molar-refractivity contribution < 1.29 is 9.32 Å². The minimum absolute atomic E-state index is 0.634. The van der Waals surface area contributed by atoms with Crippen LogP contribution in [0.5, 0.6) is 0 Å². The fourth-order valence-electron chi connectivity index (χ4n) is 2.07. The fourth-order valence-corrected chi connectivity index (χ4v) is 2.63. The molecule has 1 atom stereocenters. The van der Waals surface area contributed by atoms with Gasteiger partial charge >= 0.3 is 11.7 Å². The molecule has 0 bridgehead atoms. The summed E-state index contributed by atoms with van der Waals surface area (Å²) in [6, 6.07) is 3.77. The normalized spacial score (nSPS) is 17.1. The number of aryl methyl sites for hydroxylation is 1. The number of anilines is 1. The molecule has 2 N–H and O–H groups in total. The number of aliphatic hydroxyl groups excluding tert-OH is 1. The number of fused-ring (bicyclic) bond motifs is 1. The van der Waals surface area contributed by atoms with E-state index in [0.29, 0.717) is 22.4 Å². The van der Waals surface area contributed by atoms with Gasteiger partial charge in [0.25, 0.3) is 0 Å². The minimum atomic E-state index is -0.652. The van der Waals surface area contributed by atoms with Gasteiger partial charge in [-0.2, -0.15) is 0 Å². The zero-order valence-electron chi connectivity index (χ0n) is 9.86. The molecule has 1 aromatic rings. The highest BCUT2D eigenvalue weighted by Crippen LogP contribution is 2.30. The number of hydrogen-bond acceptors (Lipinski definition) is 3. The monoisotopic (exact) mass is 284 g/mol. The Morgan fingerprint density at radius 2 is 2.22 bits per heavy atom. The summed E-state index contributed by atoms with van der Waals surface area (Å²) in [5.41, 5.74) is 3.11. The average molecular weight is 285 g/mol. The smallest absolute Gasteiger partial charge is 0.370 e. The molecule has 18 heavy (non-hydrogen) atoms. The molecule has 0 aliphatic carbocycles. The van der Waals surface area contributed by atoms with Gasteiger partial charge < -0.3 is 10.4 Å². The van der Waals surface area contributed by atoms with Gasteiger partial charge in [0.05, 0.1) is 0 Å². The second-order valence-electron chi connectivity index (χ2n) is 4.25. The quantitative estimate of drug-likeness (QED) is 0.646. The zero-order valence-corrected chi connectivity index (χ0v) is 11.4. The summed E-state index contributed by atoms with van der Waals surface area (Å²) in [7, 11) is 0. The largest absolute Gasteiger partial charge is 0.458 e. The highest BCUT2D eigenvalue weighted by molar-refractivity contribution is 7.65. The third-order valence-electron chi connectivity index (χ3n) is 2.90. The van der Waals surface area contributed by atoms with E-state index < -0.39 is 6.23 Å². The summed E-state index contributed by atoms with van der Waals surface area (Å²) in [5, 5.41) is 13.1. The summed E-state index contributed by atoms with van der Waals surface area (Å²) >= 11 is 6.70. The number of rotatable bonds is 5. The van der Waals surface area contributed by atoms with Gasteiger partial charge in [0.1, 0.15) is 6.23 Å². The average Bonchev–Trinajstić information content (AvgIpc) is 2.33. The van der Waals surface area contributed by atoms with Gasteiger partial charge in [0.15, 0.2) is 0 Å². The summed E-state index contributed by atoms with van der Waals surface area (Å²) in [4.78, 5) is 0. The van der Waals surface area contributed by atoms with Crippen LogP contribution in [-0.2, 0) is 22.3 Å². The molecule has 1 unspecified atom stereocenters. The molecule has 0 fully saturated rings. The lowest BCUT2D eigenvalue weighted by molar-refractivity contribution is 0.252. The van der Waals surface area contributed by atoms with Crippen LogP contribution in [0.4, 0.5) is 5.69 Å². The highest BCUT2D eigenvalue weighted by Gasteiger charge is 2.14. The molecule has 1 heterocycles. The SMILES string of the molecule is O=[S+]CCCCc1cc(Cl)cc2c1C=CC(O)N2. The van der Waals surface area contributed by atoms with Crippen molar-refractivity contribution in [2.24, 2.45) is 0 Å². The summed E-state index contributed by atoms with van der Waals surface area (Å²) < 4.78 is 10.3. The minimum Gasteiger partial charge on any atom is -0.370 e. The third-order valence-corrected chi connectivity index (χ3v) is 3.58. The standard InChI is InChI=1S/C13H15ClNO2S/c14-10-7-9(3-1-2-6-18-17)11-4-5-13(16)15-12(11)8-10/h4-5,7-8,13,15-16H,1-3,6H2/q+1. The van der Waals surface area contributed by atoms with Crippen molar-refractivity contribution in [1.82, 2.24) is 0 Å². The van der Waals surface area contributed by atoms with Gasteiger partial charge in [-0.25, -0.2) is 0 Å². The lowest BCUT2D eigenvalue weighted by atomic mass is 9.98. The first-order valence-corrected chi connectivity index (χ1v) is 7.19. The molecule has 1 aliphatic heterocycles. The summed E-state index contributed by atoms with van der Waals surface area (Å²) in [6.07, 6.45) is 5.76. The van der Waals surface area contributed by atoms with Gasteiger partial charge in [-0.15, -0.1) is 0 Å². The van der Waals surface area contributed by atoms with Gasteiger partial charge in [-0.1, -0.05) is 17.7 Å². The maximum absolute atomic E-state index is 10.3. The van der Waals surface area contributed by atoms with Crippen LogP contribution in [0.1, 0.15) is 24.0 Å². The van der Waals surface area contributed by atoms with Crippen LogP contribution in [0.2, 0.25) is 5.02 Å². The molecule has 0 amide bonds. The lowest BCUT2D eigenvalue weighted by Crippen LogP contribution is -2.19. The Hall–Kier alpha value is -0.970. The molecule has 3 nitrogen and oxygen atoms in total. The Kier molecular flexibility index (Phi) is 4.69. The Morgan fingerprint density at radius 3 is 3.00 bits per heavy atom. The number of benzene rings is 1. The van der Waals surface area contributed by atoms with E-state index in [2.05, 4.69) is 5.32 Å². The number of unbranched alkanes of at least 4 members (excludes halogenated alkanes) is 1. The van der Waals surface area contributed by atoms with Gasteiger partial charge in [-0.05, 0) is 36.6 Å². The van der Waals surface area contributed by atoms with E-state index in [4.69, 9.17) is 11.6 Å². The van der Waals surface area contributed by atoms with Crippen molar-refractivity contribution >= 4 is 35.0 Å². The first kappa shape index (κ1) is 13.5. The maximum Gasteiger partial charge on any atom is 0.458 e. The van der Waals surface area contributed by atoms with E-state index >= 15 is 0 Å². The molecule has 2 rings (SSSR count). The van der Waals surface area contributed by atoms with Crippen molar-refractivity contribution in [1.29, 1.82) is 0 Å². The molecule has 1 aromatic carbocycles. The predicted octanol–water partition coefficient (Wildman–Crippen LogP) is 2.85. The zero-order chi connectivity index (χ0) is 13.0. The third kappa shape index (κ3) is 3.28. The van der Waals surface area contributed by atoms with Gasteiger partial charge in [-0.3, -0.25) is 0 Å². The van der Waals surface area contributed by atoms with E-state index in [1.54, 1.807) is 6.08 Å². The fraction of sp³-hybridized carbons (Fsp3) is 0.385. The van der Waals surface area contributed by atoms with Crippen molar-refractivity contribution in [2.45, 2.75) is 25.5 Å². The molecule has 1 aliphatic rings.